The molecule has 1 unspecified atom stereocenters. The fourth-order valence-electron chi connectivity index (χ4n) is 1.91. The average molecular weight is 304 g/mol. The van der Waals surface area contributed by atoms with Gasteiger partial charge in [-0.1, -0.05) is 24.3 Å². The van der Waals surface area contributed by atoms with Gasteiger partial charge in [-0.25, -0.2) is 4.39 Å². The van der Waals surface area contributed by atoms with Crippen molar-refractivity contribution in [3.05, 3.63) is 75.6 Å². The Morgan fingerprint density at radius 2 is 1.86 bits per heavy atom. The van der Waals surface area contributed by atoms with Gasteiger partial charge in [0.15, 0.2) is 0 Å². The van der Waals surface area contributed by atoms with Crippen LogP contribution in [-0.4, -0.2) is 22.5 Å². The lowest BCUT2D eigenvalue weighted by atomic mass is 10.1. The molecule has 0 bridgehead atoms. The zero-order chi connectivity index (χ0) is 16.1. The van der Waals surface area contributed by atoms with Crippen LogP contribution in [0.5, 0.6) is 0 Å². The first kappa shape index (κ1) is 15.6. The fraction of sp³-hybridized carbons (Fsp3) is 0.133. The molecule has 6 nitrogen and oxygen atoms in total. The molecule has 0 radical (unpaired) electrons. The first-order chi connectivity index (χ1) is 10.5. The number of hydrogen-bond donors (Lipinski definition) is 2. The topological polar surface area (TPSA) is 92.5 Å². The predicted molar refractivity (Wildman–Crippen MR) is 76.8 cm³/mol. The van der Waals surface area contributed by atoms with Crippen molar-refractivity contribution in [2.45, 2.75) is 6.10 Å². The minimum absolute atomic E-state index is 0.0844. The van der Waals surface area contributed by atoms with Crippen LogP contribution < -0.4 is 5.32 Å². The smallest absolute Gasteiger partial charge is 0.282 e. The highest BCUT2D eigenvalue weighted by atomic mass is 19.1. The van der Waals surface area contributed by atoms with Gasteiger partial charge in [-0.05, 0) is 23.8 Å². The van der Waals surface area contributed by atoms with Crippen LogP contribution in [0.2, 0.25) is 0 Å². The van der Waals surface area contributed by atoms with E-state index < -0.39 is 22.8 Å². The van der Waals surface area contributed by atoms with Gasteiger partial charge in [-0.3, -0.25) is 14.9 Å². The number of nitrogens with one attached hydrogen (secondary N) is 1. The molecule has 2 N–H and O–H groups in total. The van der Waals surface area contributed by atoms with Gasteiger partial charge >= 0.3 is 0 Å². The zero-order valence-electron chi connectivity index (χ0n) is 11.4. The van der Waals surface area contributed by atoms with Gasteiger partial charge in [0.1, 0.15) is 11.4 Å². The van der Waals surface area contributed by atoms with Crippen molar-refractivity contribution in [1.29, 1.82) is 0 Å². The average Bonchev–Trinajstić information content (AvgIpc) is 2.53. The highest BCUT2D eigenvalue weighted by molar-refractivity contribution is 5.98. The number of benzene rings is 2. The number of para-hydroxylation sites is 1. The minimum atomic E-state index is -1.03. The Labute approximate surface area is 125 Å². The predicted octanol–water partition coefficient (Wildman–Crippen LogP) is 2.20. The summed E-state index contributed by atoms with van der Waals surface area (Å²) in [4.78, 5) is 22.2. The van der Waals surface area contributed by atoms with Gasteiger partial charge in [0.25, 0.3) is 11.6 Å². The second-order valence-electron chi connectivity index (χ2n) is 4.55. The normalized spacial score (nSPS) is 11.7. The van der Waals surface area contributed by atoms with Crippen molar-refractivity contribution in [2.24, 2.45) is 0 Å². The summed E-state index contributed by atoms with van der Waals surface area (Å²) < 4.78 is 12.8. The highest BCUT2D eigenvalue weighted by Crippen LogP contribution is 2.18. The van der Waals surface area contributed by atoms with E-state index in [9.17, 15) is 24.4 Å². The largest absolute Gasteiger partial charge is 0.387 e. The maximum atomic E-state index is 12.8. The van der Waals surface area contributed by atoms with Crippen LogP contribution in [-0.2, 0) is 0 Å². The van der Waals surface area contributed by atoms with Crippen LogP contribution >= 0.6 is 0 Å². The summed E-state index contributed by atoms with van der Waals surface area (Å²) in [5.41, 5.74) is 0.0411. The van der Waals surface area contributed by atoms with Gasteiger partial charge in [0.05, 0.1) is 11.0 Å². The Bertz CT molecular complexity index is 688. The van der Waals surface area contributed by atoms with Gasteiger partial charge in [-0.2, -0.15) is 0 Å². The lowest BCUT2D eigenvalue weighted by molar-refractivity contribution is -0.385. The molecule has 0 saturated carbocycles. The van der Waals surface area contributed by atoms with Gasteiger partial charge in [0.2, 0.25) is 0 Å². The fourth-order valence-corrected chi connectivity index (χ4v) is 1.91. The van der Waals surface area contributed by atoms with E-state index in [4.69, 9.17) is 0 Å². The van der Waals surface area contributed by atoms with Gasteiger partial charge in [-0.15, -0.1) is 0 Å². The van der Waals surface area contributed by atoms with Crippen molar-refractivity contribution < 1.29 is 19.2 Å². The number of amides is 1. The summed E-state index contributed by atoms with van der Waals surface area (Å²) in [5, 5.41) is 23.2. The first-order valence-corrected chi connectivity index (χ1v) is 6.44. The Morgan fingerprint density at radius 1 is 1.23 bits per heavy atom. The molecular formula is C15H13FN2O4. The molecule has 2 aromatic rings. The first-order valence-electron chi connectivity index (χ1n) is 6.44. The number of aliphatic hydroxyl groups excluding tert-OH is 1. The van der Waals surface area contributed by atoms with Crippen LogP contribution in [0, 0.1) is 15.9 Å². The summed E-state index contributed by atoms with van der Waals surface area (Å²) in [6, 6.07) is 10.7. The minimum Gasteiger partial charge on any atom is -0.387 e. The third-order valence-corrected chi connectivity index (χ3v) is 3.06. The molecule has 1 amide bonds. The van der Waals surface area contributed by atoms with E-state index in [2.05, 4.69) is 5.32 Å². The molecule has 2 rings (SSSR count). The number of carbonyl (C=O) groups excluding carboxylic acids is 1. The zero-order valence-corrected chi connectivity index (χ0v) is 11.4. The molecule has 0 saturated heterocycles. The molecule has 7 heteroatoms. The lowest BCUT2D eigenvalue weighted by Crippen LogP contribution is -2.28. The molecule has 0 aliphatic rings. The molecule has 0 fully saturated rings. The summed E-state index contributed by atoms with van der Waals surface area (Å²) in [7, 11) is 0. The Morgan fingerprint density at radius 3 is 2.50 bits per heavy atom. The summed E-state index contributed by atoms with van der Waals surface area (Å²) in [6.45, 7) is -0.142. The number of hydrogen-bond acceptors (Lipinski definition) is 4. The molecule has 0 aliphatic carbocycles. The maximum absolute atomic E-state index is 12.8. The van der Waals surface area contributed by atoms with Crippen molar-refractivity contribution >= 4 is 11.6 Å². The van der Waals surface area contributed by atoms with E-state index >= 15 is 0 Å². The Hall–Kier alpha value is -2.80. The van der Waals surface area contributed by atoms with Crippen molar-refractivity contribution in [2.75, 3.05) is 6.54 Å². The van der Waals surface area contributed by atoms with Crippen LogP contribution in [0.15, 0.2) is 48.5 Å². The molecule has 0 spiro atoms. The van der Waals surface area contributed by atoms with Crippen LogP contribution in [0.4, 0.5) is 10.1 Å². The van der Waals surface area contributed by atoms with E-state index in [0.717, 1.165) is 0 Å². The van der Waals surface area contributed by atoms with Crippen molar-refractivity contribution in [3.8, 4) is 0 Å². The third kappa shape index (κ3) is 3.64. The Balaban J connectivity index is 2.04. The molecule has 0 aliphatic heterocycles. The number of nitrogens with zero attached hydrogens (tertiary/aromatic N) is 1. The standard InChI is InChI=1S/C15H13FN2O4/c16-11-7-5-10(6-8-11)14(19)9-17-15(20)12-3-1-2-4-13(12)18(21)22/h1-8,14,19H,9H2,(H,17,20). The SMILES string of the molecule is O=C(NCC(O)c1ccc(F)cc1)c1ccccc1[N+](=O)[O-]. The lowest BCUT2D eigenvalue weighted by Gasteiger charge is -2.12. The summed E-state index contributed by atoms with van der Waals surface area (Å²) in [5.74, 6) is -1.09. The number of nitro groups is 1. The van der Waals surface area contributed by atoms with Crippen LogP contribution in [0.25, 0.3) is 0 Å². The van der Waals surface area contributed by atoms with E-state index in [1.807, 2.05) is 0 Å². The van der Waals surface area contributed by atoms with Crippen LogP contribution in [0.3, 0.4) is 0 Å². The van der Waals surface area contributed by atoms with E-state index in [0.29, 0.717) is 5.56 Å². The van der Waals surface area contributed by atoms with Crippen molar-refractivity contribution in [1.82, 2.24) is 5.32 Å². The van der Waals surface area contributed by atoms with E-state index in [-0.39, 0.29) is 17.8 Å². The highest BCUT2D eigenvalue weighted by Gasteiger charge is 2.19. The van der Waals surface area contributed by atoms with E-state index in [1.165, 1.54) is 48.5 Å². The van der Waals surface area contributed by atoms with Crippen LogP contribution in [0.1, 0.15) is 22.0 Å². The quantitative estimate of drug-likeness (QED) is 0.654. The third-order valence-electron chi connectivity index (χ3n) is 3.06. The molecular weight excluding hydrogens is 291 g/mol. The molecule has 22 heavy (non-hydrogen) atoms. The summed E-state index contributed by atoms with van der Waals surface area (Å²) in [6.07, 6.45) is -1.03. The van der Waals surface area contributed by atoms with Gasteiger partial charge < -0.3 is 10.4 Å². The van der Waals surface area contributed by atoms with E-state index in [1.54, 1.807) is 0 Å². The monoisotopic (exact) mass is 304 g/mol. The second kappa shape index (κ2) is 6.77. The molecule has 0 aromatic heterocycles. The molecule has 2 aromatic carbocycles. The maximum Gasteiger partial charge on any atom is 0.282 e. The number of nitro benzene ring substituents is 1. The molecule has 1 atom stereocenters. The number of carbonyl (C=O) groups is 1. The number of rotatable bonds is 5. The Kier molecular flexibility index (Phi) is 4.80. The molecule has 0 heterocycles. The number of halogens is 1. The second-order valence-corrected chi connectivity index (χ2v) is 4.55. The molecule has 114 valence electrons. The van der Waals surface area contributed by atoms with Crippen molar-refractivity contribution in [3.63, 3.8) is 0 Å². The number of aliphatic hydroxyl groups is 1. The van der Waals surface area contributed by atoms with Gasteiger partial charge in [0, 0.05) is 12.6 Å². The summed E-state index contributed by atoms with van der Waals surface area (Å²) >= 11 is 0.